The minimum atomic E-state index is -0.196. The molecule has 0 spiro atoms. The zero-order valence-electron chi connectivity index (χ0n) is 9.16. The third kappa shape index (κ3) is 3.32. The summed E-state index contributed by atoms with van der Waals surface area (Å²) < 4.78 is 0. The Morgan fingerprint density at radius 2 is 2.33 bits per heavy atom. The minimum Gasteiger partial charge on any atom is -0.294 e. The largest absolute Gasteiger partial charge is 0.294 e. The first kappa shape index (κ1) is 11.7. The number of hydrazine groups is 1. The number of nitrogens with one attached hydrogen (secondary N) is 1. The number of amides is 1. The Balaban J connectivity index is 2.78. The Morgan fingerprint density at radius 3 is 2.93 bits per heavy atom. The molecule has 1 heterocycles. The van der Waals surface area contributed by atoms with Crippen LogP contribution in [0.1, 0.15) is 37.3 Å². The number of rotatable bonds is 4. The molecule has 0 saturated heterocycles. The van der Waals surface area contributed by atoms with Gasteiger partial charge < -0.3 is 0 Å². The van der Waals surface area contributed by atoms with Gasteiger partial charge in [-0.2, -0.15) is 0 Å². The van der Waals surface area contributed by atoms with Crippen molar-refractivity contribution in [2.24, 2.45) is 5.84 Å². The van der Waals surface area contributed by atoms with Crippen molar-refractivity contribution in [2.45, 2.75) is 32.6 Å². The Labute approximate surface area is 89.9 Å². The molecule has 4 nitrogen and oxygen atoms in total. The standard InChI is InChI=1S/C11H17N3O/c1-3-8(2)10-4-9(6-13-7-10)5-11(15)14-12/h4,6-8H,3,5,12H2,1-2H3,(H,14,15). The second-order valence-corrected chi connectivity index (χ2v) is 3.68. The molecule has 1 aromatic rings. The van der Waals surface area contributed by atoms with Crippen molar-refractivity contribution in [3.8, 4) is 0 Å². The van der Waals surface area contributed by atoms with E-state index in [0.29, 0.717) is 5.92 Å². The SMILES string of the molecule is CCC(C)c1cncc(CC(=O)NN)c1. The smallest absolute Gasteiger partial charge is 0.238 e. The molecular weight excluding hydrogens is 190 g/mol. The first-order valence-corrected chi connectivity index (χ1v) is 5.10. The van der Waals surface area contributed by atoms with E-state index in [1.54, 1.807) is 6.20 Å². The molecule has 0 saturated carbocycles. The van der Waals surface area contributed by atoms with Crippen molar-refractivity contribution in [1.29, 1.82) is 0 Å². The molecule has 1 rings (SSSR count). The Morgan fingerprint density at radius 1 is 1.60 bits per heavy atom. The van der Waals surface area contributed by atoms with Crippen LogP contribution in [0, 0.1) is 0 Å². The van der Waals surface area contributed by atoms with Crippen LogP contribution in [-0.4, -0.2) is 10.9 Å². The number of carbonyl (C=O) groups excluding carboxylic acids is 1. The quantitative estimate of drug-likeness (QED) is 0.442. The lowest BCUT2D eigenvalue weighted by molar-refractivity contribution is -0.120. The van der Waals surface area contributed by atoms with Crippen molar-refractivity contribution in [3.05, 3.63) is 29.6 Å². The summed E-state index contributed by atoms with van der Waals surface area (Å²) in [5.74, 6) is 5.30. The van der Waals surface area contributed by atoms with Gasteiger partial charge in [0, 0.05) is 12.4 Å². The molecule has 15 heavy (non-hydrogen) atoms. The molecule has 0 aromatic carbocycles. The van der Waals surface area contributed by atoms with E-state index >= 15 is 0 Å². The third-order valence-corrected chi connectivity index (χ3v) is 2.52. The van der Waals surface area contributed by atoms with Crippen LogP contribution in [0.2, 0.25) is 0 Å². The predicted octanol–water partition coefficient (Wildman–Crippen LogP) is 1.13. The molecule has 3 N–H and O–H groups in total. The predicted molar refractivity (Wildman–Crippen MR) is 59.0 cm³/mol. The Hall–Kier alpha value is -1.42. The Kier molecular flexibility index (Phi) is 4.24. The van der Waals surface area contributed by atoms with Crippen molar-refractivity contribution < 1.29 is 4.79 Å². The van der Waals surface area contributed by atoms with E-state index in [-0.39, 0.29) is 12.3 Å². The molecule has 4 heteroatoms. The van der Waals surface area contributed by atoms with Gasteiger partial charge in [0.25, 0.3) is 0 Å². The lowest BCUT2D eigenvalue weighted by atomic mass is 9.98. The summed E-state index contributed by atoms with van der Waals surface area (Å²) in [4.78, 5) is 15.2. The molecule has 1 unspecified atom stereocenters. The summed E-state index contributed by atoms with van der Waals surface area (Å²) >= 11 is 0. The van der Waals surface area contributed by atoms with Gasteiger partial charge in [-0.05, 0) is 23.5 Å². The first-order valence-electron chi connectivity index (χ1n) is 5.10. The summed E-state index contributed by atoms with van der Waals surface area (Å²) in [5, 5.41) is 0. The summed E-state index contributed by atoms with van der Waals surface area (Å²) in [5.41, 5.74) is 4.17. The number of nitrogens with two attached hydrogens (primary N) is 1. The summed E-state index contributed by atoms with van der Waals surface area (Å²) in [6.45, 7) is 4.27. The van der Waals surface area contributed by atoms with E-state index in [9.17, 15) is 4.79 Å². The molecular formula is C11H17N3O. The third-order valence-electron chi connectivity index (χ3n) is 2.52. The van der Waals surface area contributed by atoms with Gasteiger partial charge in [-0.3, -0.25) is 15.2 Å². The van der Waals surface area contributed by atoms with Crippen molar-refractivity contribution in [1.82, 2.24) is 10.4 Å². The van der Waals surface area contributed by atoms with Crippen LogP contribution in [0.15, 0.2) is 18.5 Å². The maximum absolute atomic E-state index is 11.1. The molecule has 1 amide bonds. The number of pyridine rings is 1. The van der Waals surface area contributed by atoms with E-state index in [2.05, 4.69) is 24.3 Å². The molecule has 82 valence electrons. The van der Waals surface area contributed by atoms with Gasteiger partial charge in [-0.1, -0.05) is 19.9 Å². The fourth-order valence-corrected chi connectivity index (χ4v) is 1.35. The van der Waals surface area contributed by atoms with Crippen LogP contribution in [0.3, 0.4) is 0 Å². The molecule has 0 bridgehead atoms. The lowest BCUT2D eigenvalue weighted by Gasteiger charge is -2.09. The van der Waals surface area contributed by atoms with Gasteiger partial charge in [-0.25, -0.2) is 5.84 Å². The van der Waals surface area contributed by atoms with E-state index in [1.807, 2.05) is 12.3 Å². The number of nitrogens with zero attached hydrogens (tertiary/aromatic N) is 1. The highest BCUT2D eigenvalue weighted by Gasteiger charge is 2.06. The number of carbonyl (C=O) groups is 1. The van der Waals surface area contributed by atoms with Gasteiger partial charge in [0.15, 0.2) is 0 Å². The van der Waals surface area contributed by atoms with Crippen LogP contribution in [0.5, 0.6) is 0 Å². The Bertz CT molecular complexity index is 338. The van der Waals surface area contributed by atoms with Crippen LogP contribution < -0.4 is 11.3 Å². The van der Waals surface area contributed by atoms with Gasteiger partial charge >= 0.3 is 0 Å². The first-order chi connectivity index (χ1) is 7.17. The van der Waals surface area contributed by atoms with Gasteiger partial charge in [-0.15, -0.1) is 0 Å². The van der Waals surface area contributed by atoms with Gasteiger partial charge in [0.1, 0.15) is 0 Å². The van der Waals surface area contributed by atoms with Crippen molar-refractivity contribution in [3.63, 3.8) is 0 Å². The average molecular weight is 207 g/mol. The van der Waals surface area contributed by atoms with E-state index in [0.717, 1.165) is 12.0 Å². The highest BCUT2D eigenvalue weighted by atomic mass is 16.2. The van der Waals surface area contributed by atoms with Crippen LogP contribution in [0.4, 0.5) is 0 Å². The average Bonchev–Trinajstić information content (AvgIpc) is 2.28. The number of aromatic nitrogens is 1. The summed E-state index contributed by atoms with van der Waals surface area (Å²) in [6, 6.07) is 2.01. The highest BCUT2D eigenvalue weighted by Crippen LogP contribution is 2.18. The highest BCUT2D eigenvalue weighted by molar-refractivity contribution is 5.77. The molecule has 0 aliphatic rings. The second-order valence-electron chi connectivity index (χ2n) is 3.68. The minimum absolute atomic E-state index is 0.196. The van der Waals surface area contributed by atoms with Crippen molar-refractivity contribution in [2.75, 3.05) is 0 Å². The number of hydrogen-bond acceptors (Lipinski definition) is 3. The molecule has 0 aliphatic heterocycles. The van der Waals surface area contributed by atoms with Crippen LogP contribution in [0.25, 0.3) is 0 Å². The van der Waals surface area contributed by atoms with E-state index in [4.69, 9.17) is 5.84 Å². The molecule has 0 fully saturated rings. The van der Waals surface area contributed by atoms with Crippen LogP contribution >= 0.6 is 0 Å². The van der Waals surface area contributed by atoms with Gasteiger partial charge in [0.2, 0.25) is 5.91 Å². The monoisotopic (exact) mass is 207 g/mol. The zero-order chi connectivity index (χ0) is 11.3. The van der Waals surface area contributed by atoms with Crippen molar-refractivity contribution >= 4 is 5.91 Å². The van der Waals surface area contributed by atoms with Gasteiger partial charge in [0.05, 0.1) is 6.42 Å². The maximum Gasteiger partial charge on any atom is 0.238 e. The summed E-state index contributed by atoms with van der Waals surface area (Å²) in [7, 11) is 0. The molecule has 0 radical (unpaired) electrons. The molecule has 0 aliphatic carbocycles. The fourth-order valence-electron chi connectivity index (χ4n) is 1.35. The summed E-state index contributed by atoms with van der Waals surface area (Å²) in [6.07, 6.45) is 4.89. The topological polar surface area (TPSA) is 68.0 Å². The lowest BCUT2D eigenvalue weighted by Crippen LogP contribution is -2.31. The maximum atomic E-state index is 11.1. The van der Waals surface area contributed by atoms with Crippen LogP contribution in [-0.2, 0) is 11.2 Å². The van der Waals surface area contributed by atoms with E-state index < -0.39 is 0 Å². The fraction of sp³-hybridized carbons (Fsp3) is 0.455. The molecule has 1 atom stereocenters. The normalized spacial score (nSPS) is 12.2. The van der Waals surface area contributed by atoms with E-state index in [1.165, 1.54) is 5.56 Å². The second kappa shape index (κ2) is 5.46. The zero-order valence-corrected chi connectivity index (χ0v) is 9.16. The molecule has 1 aromatic heterocycles. The number of hydrogen-bond donors (Lipinski definition) is 2.